The number of rotatable bonds is 24. The molecule has 5 atom stereocenters. The van der Waals surface area contributed by atoms with Crippen LogP contribution in [0.4, 0.5) is 0 Å². The Bertz CT molecular complexity index is 1530. The number of aliphatic hydroxyl groups is 1. The fourth-order valence-electron chi connectivity index (χ4n) is 7.51. The van der Waals surface area contributed by atoms with E-state index in [4.69, 9.17) is 14.2 Å². The molecule has 0 saturated carbocycles. The average molecular weight is 757 g/mol. The predicted molar refractivity (Wildman–Crippen MR) is 221 cm³/mol. The molecule has 0 radical (unpaired) electrons. The summed E-state index contributed by atoms with van der Waals surface area (Å²) < 4.78 is 18.8. The predicted octanol–water partition coefficient (Wildman–Crippen LogP) is 10.2. The molecule has 8 heteroatoms. The molecule has 1 aliphatic heterocycles. The average Bonchev–Trinajstić information content (AvgIpc) is 3.20. The SMILES string of the molecule is CCCCCCCCN(CCCCCCCC)CC1OC(c2ccc(-c3ccccc3CNC(=O)C(C)OC(C)=O)cc2)OC(c2ccc(CO)cc2)C1C. The van der Waals surface area contributed by atoms with Crippen LogP contribution in [0.15, 0.2) is 72.8 Å². The Morgan fingerprint density at radius 3 is 1.96 bits per heavy atom. The summed E-state index contributed by atoms with van der Waals surface area (Å²) in [6.45, 7) is 13.0. The fraction of sp³-hybridized carbons (Fsp3) is 0.574. The molecule has 1 aliphatic rings. The summed E-state index contributed by atoms with van der Waals surface area (Å²) in [5.41, 5.74) is 5.92. The summed E-state index contributed by atoms with van der Waals surface area (Å²) in [7, 11) is 0. The first kappa shape index (κ1) is 44.2. The number of hydrogen-bond acceptors (Lipinski definition) is 7. The number of aliphatic hydroxyl groups excluding tert-OH is 1. The van der Waals surface area contributed by atoms with E-state index in [2.05, 4.69) is 67.4 Å². The molecule has 8 nitrogen and oxygen atoms in total. The van der Waals surface area contributed by atoms with E-state index >= 15 is 0 Å². The minimum Gasteiger partial charge on any atom is -0.453 e. The quantitative estimate of drug-likeness (QED) is 0.0694. The second-order valence-electron chi connectivity index (χ2n) is 15.4. The number of unbranched alkanes of at least 4 members (excludes halogenated alkanes) is 10. The van der Waals surface area contributed by atoms with Gasteiger partial charge in [-0.25, -0.2) is 0 Å². The van der Waals surface area contributed by atoms with Crippen molar-refractivity contribution >= 4 is 11.9 Å². The molecule has 4 rings (SSSR count). The van der Waals surface area contributed by atoms with Crippen LogP contribution in [0.1, 0.15) is 146 Å². The van der Waals surface area contributed by atoms with Gasteiger partial charge in [-0.05, 0) is 60.7 Å². The third-order valence-corrected chi connectivity index (χ3v) is 10.9. The molecule has 0 aromatic heterocycles. The molecule has 302 valence electrons. The first-order valence-corrected chi connectivity index (χ1v) is 21.1. The van der Waals surface area contributed by atoms with E-state index in [0.717, 1.165) is 53.0 Å². The Hall–Kier alpha value is -3.56. The van der Waals surface area contributed by atoms with Crippen LogP contribution >= 0.6 is 0 Å². The third-order valence-electron chi connectivity index (χ3n) is 10.9. The van der Waals surface area contributed by atoms with E-state index < -0.39 is 18.4 Å². The Morgan fingerprint density at radius 1 is 0.782 bits per heavy atom. The number of carbonyl (C=O) groups excluding carboxylic acids is 2. The lowest BCUT2D eigenvalue weighted by Crippen LogP contribution is -2.45. The maximum atomic E-state index is 12.6. The van der Waals surface area contributed by atoms with Gasteiger partial charge in [0.25, 0.3) is 5.91 Å². The standard InChI is InChI=1S/C47H68N2O6/c1-6-8-10-12-14-18-30-49(31-19-15-13-11-9-7-2)33-44-35(3)45(40-24-22-38(34-50)23-25-40)55-47(54-44)41-28-26-39(27-29-41)43-21-17-16-20-42(43)32-48-46(52)36(4)53-37(5)51/h16-17,20-29,35-36,44-45,47,50H,6-15,18-19,30-34H2,1-5H3,(H,48,52). The van der Waals surface area contributed by atoms with Gasteiger partial charge in [0.15, 0.2) is 12.4 Å². The minimum atomic E-state index is -0.861. The van der Waals surface area contributed by atoms with Gasteiger partial charge in [-0.3, -0.25) is 9.59 Å². The molecule has 5 unspecified atom stereocenters. The number of benzene rings is 3. The zero-order valence-corrected chi connectivity index (χ0v) is 34.3. The van der Waals surface area contributed by atoms with Crippen molar-refractivity contribution in [2.24, 2.45) is 5.92 Å². The molecular formula is C47H68N2O6. The number of nitrogens with zero attached hydrogens (tertiary/aromatic N) is 1. The normalized spacial score (nSPS) is 19.0. The lowest BCUT2D eigenvalue weighted by atomic mass is 9.89. The number of esters is 1. The number of nitrogens with one attached hydrogen (secondary N) is 1. The van der Waals surface area contributed by atoms with Crippen molar-refractivity contribution in [3.63, 3.8) is 0 Å². The van der Waals surface area contributed by atoms with Crippen LogP contribution in [0.25, 0.3) is 11.1 Å². The van der Waals surface area contributed by atoms with E-state index in [0.29, 0.717) is 6.54 Å². The first-order valence-electron chi connectivity index (χ1n) is 21.1. The van der Waals surface area contributed by atoms with Gasteiger partial charge in [0.1, 0.15) is 0 Å². The maximum absolute atomic E-state index is 12.6. The zero-order valence-electron chi connectivity index (χ0n) is 34.3. The Labute approximate surface area is 331 Å². The van der Waals surface area contributed by atoms with Gasteiger partial charge in [-0.15, -0.1) is 0 Å². The molecule has 3 aromatic rings. The maximum Gasteiger partial charge on any atom is 0.303 e. The van der Waals surface area contributed by atoms with Crippen molar-refractivity contribution in [3.8, 4) is 11.1 Å². The lowest BCUT2D eigenvalue weighted by Gasteiger charge is -2.43. The van der Waals surface area contributed by atoms with Gasteiger partial charge in [0, 0.05) is 31.5 Å². The van der Waals surface area contributed by atoms with Crippen molar-refractivity contribution in [3.05, 3.63) is 95.1 Å². The summed E-state index contributed by atoms with van der Waals surface area (Å²) >= 11 is 0. The van der Waals surface area contributed by atoms with Crippen LogP contribution in [-0.2, 0) is 37.0 Å². The van der Waals surface area contributed by atoms with E-state index in [1.807, 2.05) is 36.4 Å². The first-order chi connectivity index (χ1) is 26.7. The highest BCUT2D eigenvalue weighted by Gasteiger charge is 2.39. The van der Waals surface area contributed by atoms with Crippen molar-refractivity contribution in [2.75, 3.05) is 19.6 Å². The van der Waals surface area contributed by atoms with Crippen LogP contribution in [0.5, 0.6) is 0 Å². The molecule has 3 aromatic carbocycles. The van der Waals surface area contributed by atoms with Crippen molar-refractivity contribution in [2.45, 2.75) is 149 Å². The van der Waals surface area contributed by atoms with Gasteiger partial charge in [0.05, 0.1) is 18.8 Å². The molecule has 0 aliphatic carbocycles. The fourth-order valence-corrected chi connectivity index (χ4v) is 7.51. The van der Waals surface area contributed by atoms with Gasteiger partial charge in [-0.2, -0.15) is 0 Å². The second-order valence-corrected chi connectivity index (χ2v) is 15.4. The summed E-state index contributed by atoms with van der Waals surface area (Å²) in [5.74, 6) is -0.703. The number of carbonyl (C=O) groups is 2. The Morgan fingerprint density at radius 2 is 1.36 bits per heavy atom. The lowest BCUT2D eigenvalue weighted by molar-refractivity contribution is -0.276. The topological polar surface area (TPSA) is 97.3 Å². The molecule has 55 heavy (non-hydrogen) atoms. The summed E-state index contributed by atoms with van der Waals surface area (Å²) in [4.78, 5) is 26.5. The summed E-state index contributed by atoms with van der Waals surface area (Å²) in [6.07, 6.45) is 13.8. The van der Waals surface area contributed by atoms with Crippen LogP contribution in [0.3, 0.4) is 0 Å². The third kappa shape index (κ3) is 14.5. The molecule has 0 bridgehead atoms. The van der Waals surface area contributed by atoms with Gasteiger partial charge < -0.3 is 29.5 Å². The number of ether oxygens (including phenoxy) is 3. The number of hydrogen-bond donors (Lipinski definition) is 2. The number of amides is 1. The largest absolute Gasteiger partial charge is 0.453 e. The molecule has 1 fully saturated rings. The minimum absolute atomic E-state index is 0.0107. The van der Waals surface area contributed by atoms with Crippen LogP contribution in [-0.4, -0.2) is 53.7 Å². The van der Waals surface area contributed by atoms with Crippen LogP contribution in [0.2, 0.25) is 0 Å². The Balaban J connectivity index is 1.52. The van der Waals surface area contributed by atoms with Gasteiger partial charge in [-0.1, -0.05) is 158 Å². The van der Waals surface area contributed by atoms with Crippen molar-refractivity contribution in [1.82, 2.24) is 10.2 Å². The van der Waals surface area contributed by atoms with Crippen LogP contribution < -0.4 is 5.32 Å². The molecular weight excluding hydrogens is 689 g/mol. The highest BCUT2D eigenvalue weighted by molar-refractivity contribution is 5.83. The van der Waals surface area contributed by atoms with Crippen molar-refractivity contribution < 1.29 is 28.9 Å². The van der Waals surface area contributed by atoms with E-state index in [-0.39, 0.29) is 30.6 Å². The smallest absolute Gasteiger partial charge is 0.303 e. The molecule has 1 amide bonds. The second kappa shape index (κ2) is 24.2. The van der Waals surface area contributed by atoms with E-state index in [1.54, 1.807) is 6.92 Å². The van der Waals surface area contributed by atoms with Crippen LogP contribution in [0, 0.1) is 5.92 Å². The highest BCUT2D eigenvalue weighted by Crippen LogP contribution is 2.42. The monoisotopic (exact) mass is 757 g/mol. The molecule has 0 spiro atoms. The van der Waals surface area contributed by atoms with Gasteiger partial charge in [0.2, 0.25) is 0 Å². The van der Waals surface area contributed by atoms with Crippen molar-refractivity contribution in [1.29, 1.82) is 0 Å². The van der Waals surface area contributed by atoms with Gasteiger partial charge >= 0.3 is 5.97 Å². The highest BCUT2D eigenvalue weighted by atomic mass is 16.7. The molecule has 2 N–H and O–H groups in total. The summed E-state index contributed by atoms with van der Waals surface area (Å²) in [5, 5.41) is 12.6. The zero-order chi connectivity index (χ0) is 39.4. The Kier molecular flexibility index (Phi) is 19.4. The summed E-state index contributed by atoms with van der Waals surface area (Å²) in [6, 6.07) is 24.5. The molecule has 1 heterocycles. The van der Waals surface area contributed by atoms with E-state index in [1.165, 1.54) is 84.0 Å². The molecule has 1 saturated heterocycles. The van der Waals surface area contributed by atoms with E-state index in [9.17, 15) is 14.7 Å².